The lowest BCUT2D eigenvalue weighted by atomic mass is 10.1. The number of aromatic nitrogens is 2. The van der Waals surface area contributed by atoms with Gasteiger partial charge < -0.3 is 15.5 Å². The van der Waals surface area contributed by atoms with E-state index >= 15 is 0 Å². The van der Waals surface area contributed by atoms with Crippen LogP contribution in [-0.4, -0.2) is 25.9 Å². The van der Waals surface area contributed by atoms with Crippen LogP contribution in [0.15, 0.2) is 48.7 Å². The third kappa shape index (κ3) is 3.51. The predicted molar refractivity (Wildman–Crippen MR) is 90.2 cm³/mol. The van der Waals surface area contributed by atoms with E-state index in [9.17, 15) is 19.4 Å². The number of hydrogen-bond donors (Lipinski definition) is 3. The third-order valence-electron chi connectivity index (χ3n) is 3.73. The van der Waals surface area contributed by atoms with E-state index < -0.39 is 11.7 Å². The molecule has 0 atom stereocenters. The van der Waals surface area contributed by atoms with Gasteiger partial charge in [-0.3, -0.25) is 4.79 Å². The minimum Gasteiger partial charge on any atom is -0.504 e. The molecule has 1 heterocycles. The Labute approximate surface area is 143 Å². The van der Waals surface area contributed by atoms with Crippen molar-refractivity contribution >= 4 is 11.6 Å². The Morgan fingerprint density at radius 2 is 1.96 bits per heavy atom. The molecule has 0 saturated carbocycles. The van der Waals surface area contributed by atoms with Gasteiger partial charge in [0, 0.05) is 5.69 Å². The highest BCUT2D eigenvalue weighted by atomic mass is 19.1. The average Bonchev–Trinajstić information content (AvgIpc) is 2.99. The molecule has 0 aliphatic carbocycles. The first-order chi connectivity index (χ1) is 12.0. The highest BCUT2D eigenvalue weighted by Gasteiger charge is 2.18. The Morgan fingerprint density at radius 3 is 2.64 bits per heavy atom. The highest BCUT2D eigenvalue weighted by Crippen LogP contribution is 2.22. The summed E-state index contributed by atoms with van der Waals surface area (Å²) in [5, 5.41) is 25.9. The van der Waals surface area contributed by atoms with Gasteiger partial charge >= 0.3 is 0 Å². The van der Waals surface area contributed by atoms with Gasteiger partial charge in [-0.15, -0.1) is 0 Å². The van der Waals surface area contributed by atoms with Crippen molar-refractivity contribution in [1.82, 2.24) is 9.78 Å². The van der Waals surface area contributed by atoms with Gasteiger partial charge in [-0.25, -0.2) is 9.07 Å². The fourth-order valence-electron chi connectivity index (χ4n) is 2.34. The van der Waals surface area contributed by atoms with Gasteiger partial charge in [0.1, 0.15) is 5.82 Å². The third-order valence-corrected chi connectivity index (χ3v) is 3.73. The topological polar surface area (TPSA) is 87.4 Å². The number of aliphatic hydroxyl groups is 1. The van der Waals surface area contributed by atoms with E-state index in [1.165, 1.54) is 35.1 Å². The van der Waals surface area contributed by atoms with Gasteiger partial charge in [-0.1, -0.05) is 12.1 Å². The van der Waals surface area contributed by atoms with Crippen LogP contribution in [0.2, 0.25) is 0 Å². The number of carbonyl (C=O) groups excluding carboxylic acids is 1. The normalized spacial score (nSPS) is 10.7. The predicted octanol–water partition coefficient (Wildman–Crippen LogP) is 2.77. The maximum absolute atomic E-state index is 13.0. The molecule has 25 heavy (non-hydrogen) atoms. The first-order valence-corrected chi connectivity index (χ1v) is 7.54. The number of nitrogens with one attached hydrogen (secondary N) is 1. The molecule has 0 aliphatic rings. The molecule has 0 unspecified atom stereocenters. The number of halogens is 1. The molecule has 0 spiro atoms. The van der Waals surface area contributed by atoms with Crippen molar-refractivity contribution in [2.24, 2.45) is 0 Å². The van der Waals surface area contributed by atoms with Crippen LogP contribution in [0.1, 0.15) is 21.6 Å². The molecule has 2 aromatic carbocycles. The van der Waals surface area contributed by atoms with Crippen molar-refractivity contribution in [1.29, 1.82) is 0 Å². The number of aromatic hydroxyl groups is 1. The first-order valence-electron chi connectivity index (χ1n) is 7.54. The van der Waals surface area contributed by atoms with Crippen molar-refractivity contribution < 1.29 is 19.4 Å². The summed E-state index contributed by atoms with van der Waals surface area (Å²) in [5.41, 5.74) is 2.34. The van der Waals surface area contributed by atoms with Crippen molar-refractivity contribution in [3.05, 3.63) is 71.3 Å². The lowest BCUT2D eigenvalue weighted by molar-refractivity contribution is 0.101. The molecule has 1 amide bonds. The number of rotatable bonds is 4. The van der Waals surface area contributed by atoms with E-state index in [0.717, 1.165) is 5.56 Å². The van der Waals surface area contributed by atoms with Crippen molar-refractivity contribution in [2.45, 2.75) is 13.5 Å². The Hall–Kier alpha value is -3.19. The molecule has 3 rings (SSSR count). The number of hydrogen-bond acceptors (Lipinski definition) is 4. The lowest BCUT2D eigenvalue weighted by Gasteiger charge is -2.09. The number of amides is 1. The zero-order valence-electron chi connectivity index (χ0n) is 13.4. The van der Waals surface area contributed by atoms with Gasteiger partial charge in [0.25, 0.3) is 5.91 Å². The van der Waals surface area contributed by atoms with Crippen molar-refractivity contribution in [3.8, 4) is 11.4 Å². The van der Waals surface area contributed by atoms with Crippen LogP contribution in [0.4, 0.5) is 10.1 Å². The molecular formula is C18H16FN3O3. The van der Waals surface area contributed by atoms with Crippen molar-refractivity contribution in [3.63, 3.8) is 0 Å². The number of nitrogens with zero attached hydrogens (tertiary/aromatic N) is 2. The van der Waals surface area contributed by atoms with Crippen LogP contribution in [0.5, 0.6) is 5.75 Å². The van der Waals surface area contributed by atoms with Gasteiger partial charge in [-0.2, -0.15) is 5.10 Å². The van der Waals surface area contributed by atoms with Gasteiger partial charge in [0.05, 0.1) is 18.5 Å². The van der Waals surface area contributed by atoms with Crippen LogP contribution in [0.25, 0.3) is 5.69 Å². The molecule has 1 aromatic heterocycles. The summed E-state index contributed by atoms with van der Waals surface area (Å²) in [6.07, 6.45) is 1.28. The van der Waals surface area contributed by atoms with Crippen LogP contribution < -0.4 is 5.32 Å². The zero-order chi connectivity index (χ0) is 18.0. The standard InChI is InChI=1S/C18H16FN3O3/c1-11-2-3-12(10-23)8-15(11)20-18(25)17-16(24)9-22(21-17)14-6-4-13(19)5-7-14/h2-9,23-24H,10H2,1H3,(H,20,25). The molecule has 0 bridgehead atoms. The molecule has 128 valence electrons. The van der Waals surface area contributed by atoms with E-state index in [-0.39, 0.29) is 18.1 Å². The second-order valence-corrected chi connectivity index (χ2v) is 5.55. The molecule has 0 aliphatic heterocycles. The largest absolute Gasteiger partial charge is 0.504 e. The minimum atomic E-state index is -0.587. The molecule has 7 heteroatoms. The van der Waals surface area contributed by atoms with E-state index in [2.05, 4.69) is 10.4 Å². The van der Waals surface area contributed by atoms with Crippen LogP contribution in [0, 0.1) is 12.7 Å². The van der Waals surface area contributed by atoms with Crippen LogP contribution >= 0.6 is 0 Å². The number of aliphatic hydroxyl groups excluding tert-OH is 1. The molecule has 0 saturated heterocycles. The molecule has 0 radical (unpaired) electrons. The number of anilines is 1. The molecule has 6 nitrogen and oxygen atoms in total. The maximum atomic E-state index is 13.0. The Kier molecular flexibility index (Phi) is 4.49. The summed E-state index contributed by atoms with van der Waals surface area (Å²) in [4.78, 5) is 12.4. The van der Waals surface area contributed by atoms with Gasteiger partial charge in [0.2, 0.25) is 0 Å². The average molecular weight is 341 g/mol. The molecular weight excluding hydrogens is 325 g/mol. The molecule has 3 aromatic rings. The summed E-state index contributed by atoms with van der Waals surface area (Å²) < 4.78 is 14.3. The smallest absolute Gasteiger partial charge is 0.280 e. The Balaban J connectivity index is 1.87. The minimum absolute atomic E-state index is 0.145. The van der Waals surface area contributed by atoms with Crippen molar-refractivity contribution in [2.75, 3.05) is 5.32 Å². The number of benzene rings is 2. The molecule has 3 N–H and O–H groups in total. The van der Waals surface area contributed by atoms with Crippen LogP contribution in [0.3, 0.4) is 0 Å². The van der Waals surface area contributed by atoms with Gasteiger partial charge in [0.15, 0.2) is 11.4 Å². The maximum Gasteiger partial charge on any atom is 0.280 e. The fourth-order valence-corrected chi connectivity index (χ4v) is 2.34. The number of carbonyl (C=O) groups is 1. The second kappa shape index (κ2) is 6.74. The quantitative estimate of drug-likeness (QED) is 0.681. The summed E-state index contributed by atoms with van der Waals surface area (Å²) >= 11 is 0. The Morgan fingerprint density at radius 1 is 1.24 bits per heavy atom. The van der Waals surface area contributed by atoms with Crippen LogP contribution in [-0.2, 0) is 6.61 Å². The second-order valence-electron chi connectivity index (χ2n) is 5.55. The molecule has 0 fully saturated rings. The van der Waals surface area contributed by atoms with Gasteiger partial charge in [-0.05, 0) is 48.4 Å². The first kappa shape index (κ1) is 16.7. The SMILES string of the molecule is Cc1ccc(CO)cc1NC(=O)c1nn(-c2ccc(F)cc2)cc1O. The summed E-state index contributed by atoms with van der Waals surface area (Å²) in [6.45, 7) is 1.67. The lowest BCUT2D eigenvalue weighted by Crippen LogP contribution is -2.14. The number of aryl methyl sites for hydroxylation is 1. The zero-order valence-corrected chi connectivity index (χ0v) is 13.4. The monoisotopic (exact) mass is 341 g/mol. The fraction of sp³-hybridized carbons (Fsp3) is 0.111. The van der Waals surface area contributed by atoms with E-state index in [1.807, 2.05) is 6.92 Å². The summed E-state index contributed by atoms with van der Waals surface area (Å²) in [7, 11) is 0. The van der Waals surface area contributed by atoms with E-state index in [4.69, 9.17) is 0 Å². The van der Waals surface area contributed by atoms with E-state index in [0.29, 0.717) is 16.9 Å². The highest BCUT2D eigenvalue weighted by molar-refractivity contribution is 6.05. The summed E-state index contributed by atoms with van der Waals surface area (Å²) in [6, 6.07) is 10.7. The Bertz CT molecular complexity index is 920. The van der Waals surface area contributed by atoms with E-state index in [1.54, 1.807) is 18.2 Å². The summed E-state index contributed by atoms with van der Waals surface area (Å²) in [5.74, 6) is -1.27.